The molecule has 2 unspecified atom stereocenters. The fraction of sp³-hybridized carbons (Fsp3) is 0.286. The molecule has 1 fully saturated rings. The molecule has 1 aliphatic rings. The highest BCUT2D eigenvalue weighted by molar-refractivity contribution is 6.00. The highest BCUT2D eigenvalue weighted by Gasteiger charge is 2.38. The summed E-state index contributed by atoms with van der Waals surface area (Å²) in [5.74, 6) is -0.877. The lowest BCUT2D eigenvalue weighted by molar-refractivity contribution is -0.121. The Balaban J connectivity index is 1.92. The maximum absolute atomic E-state index is 12.5. The second-order valence-electron chi connectivity index (χ2n) is 5.04. The lowest BCUT2D eigenvalue weighted by atomic mass is 10.1. The number of carbonyl (C=O) groups excluding carboxylic acids is 2. The molecule has 2 atom stereocenters. The summed E-state index contributed by atoms with van der Waals surface area (Å²) in [6.07, 6.45) is 1.29. The number of H-pyrrole nitrogens is 1. The van der Waals surface area contributed by atoms with Gasteiger partial charge in [-0.05, 0) is 23.6 Å². The second-order valence-corrected chi connectivity index (χ2v) is 5.04. The average Bonchev–Trinajstić information content (AvgIpc) is 3.02. The second kappa shape index (κ2) is 4.64. The molecule has 0 aliphatic carbocycles. The zero-order valence-corrected chi connectivity index (χ0v) is 10.7. The van der Waals surface area contributed by atoms with Gasteiger partial charge in [0.2, 0.25) is 5.91 Å². The van der Waals surface area contributed by atoms with Crippen LogP contribution < -0.4 is 5.73 Å². The number of hydrogen-bond donors (Lipinski definition) is 3. The van der Waals surface area contributed by atoms with E-state index in [1.54, 1.807) is 18.3 Å². The van der Waals surface area contributed by atoms with E-state index in [2.05, 4.69) is 4.98 Å². The summed E-state index contributed by atoms with van der Waals surface area (Å²) >= 11 is 0. The first-order chi connectivity index (χ1) is 9.56. The van der Waals surface area contributed by atoms with Gasteiger partial charge in [0.1, 0.15) is 6.04 Å². The average molecular weight is 273 g/mol. The quantitative estimate of drug-likeness (QED) is 0.730. The first-order valence-corrected chi connectivity index (χ1v) is 6.42. The van der Waals surface area contributed by atoms with Crippen molar-refractivity contribution in [2.45, 2.75) is 18.6 Å². The van der Waals surface area contributed by atoms with Crippen molar-refractivity contribution in [2.24, 2.45) is 5.73 Å². The lowest BCUT2D eigenvalue weighted by Gasteiger charge is -2.21. The van der Waals surface area contributed by atoms with E-state index < -0.39 is 18.1 Å². The number of carbonyl (C=O) groups is 2. The van der Waals surface area contributed by atoms with E-state index in [9.17, 15) is 14.7 Å². The summed E-state index contributed by atoms with van der Waals surface area (Å²) in [4.78, 5) is 28.2. The van der Waals surface area contributed by atoms with E-state index >= 15 is 0 Å². The van der Waals surface area contributed by atoms with E-state index in [-0.39, 0.29) is 18.9 Å². The molecule has 0 radical (unpaired) electrons. The first kappa shape index (κ1) is 12.7. The summed E-state index contributed by atoms with van der Waals surface area (Å²) < 4.78 is 0. The standard InChI is InChI=1S/C14H15N3O3/c15-13(19)12-6-10(18)7-17(12)14(20)9-2-1-8-3-4-16-11(8)5-9/h1-5,10,12,16,18H,6-7H2,(H2,15,19). The van der Waals surface area contributed by atoms with Crippen LogP contribution in [0.2, 0.25) is 0 Å². The Bertz CT molecular complexity index is 679. The number of primary amides is 1. The molecule has 6 heteroatoms. The van der Waals surface area contributed by atoms with E-state index in [1.165, 1.54) is 4.90 Å². The lowest BCUT2D eigenvalue weighted by Crippen LogP contribution is -2.43. The van der Waals surface area contributed by atoms with Crippen molar-refractivity contribution in [1.29, 1.82) is 0 Å². The van der Waals surface area contributed by atoms with Crippen LogP contribution in [0.4, 0.5) is 0 Å². The minimum atomic E-state index is -0.739. The maximum Gasteiger partial charge on any atom is 0.254 e. The smallest absolute Gasteiger partial charge is 0.254 e. The summed E-state index contributed by atoms with van der Waals surface area (Å²) in [6, 6.07) is 6.46. The number of nitrogens with one attached hydrogen (secondary N) is 1. The number of benzene rings is 1. The molecule has 3 rings (SSSR count). The molecule has 1 aliphatic heterocycles. The number of fused-ring (bicyclic) bond motifs is 1. The van der Waals surface area contributed by atoms with Gasteiger partial charge in [-0.15, -0.1) is 0 Å². The monoisotopic (exact) mass is 273 g/mol. The Hall–Kier alpha value is -2.34. The predicted molar refractivity (Wildman–Crippen MR) is 72.9 cm³/mol. The van der Waals surface area contributed by atoms with Crippen LogP contribution in [0, 0.1) is 0 Å². The third kappa shape index (κ3) is 2.04. The highest BCUT2D eigenvalue weighted by atomic mass is 16.3. The zero-order chi connectivity index (χ0) is 14.3. The van der Waals surface area contributed by atoms with Gasteiger partial charge in [0.05, 0.1) is 6.10 Å². The Morgan fingerprint density at radius 2 is 2.15 bits per heavy atom. The summed E-state index contributed by atoms with van der Waals surface area (Å²) in [5, 5.41) is 10.7. The number of likely N-dealkylation sites (tertiary alicyclic amines) is 1. The number of aliphatic hydroxyl groups excluding tert-OH is 1. The van der Waals surface area contributed by atoms with Gasteiger partial charge in [-0.2, -0.15) is 0 Å². The molecule has 2 amide bonds. The molecule has 0 saturated carbocycles. The minimum absolute atomic E-state index is 0.134. The van der Waals surface area contributed by atoms with Crippen LogP contribution in [-0.2, 0) is 4.79 Å². The largest absolute Gasteiger partial charge is 0.391 e. The molecule has 4 N–H and O–H groups in total. The topological polar surface area (TPSA) is 99.4 Å². The van der Waals surface area contributed by atoms with Crippen LogP contribution in [0.3, 0.4) is 0 Å². The number of nitrogens with zero attached hydrogens (tertiary/aromatic N) is 1. The Labute approximate surface area is 115 Å². The fourth-order valence-corrected chi connectivity index (χ4v) is 2.65. The molecular weight excluding hydrogens is 258 g/mol. The van der Waals surface area contributed by atoms with Crippen molar-refractivity contribution < 1.29 is 14.7 Å². The van der Waals surface area contributed by atoms with Crippen LogP contribution in [0.5, 0.6) is 0 Å². The number of hydrogen-bond acceptors (Lipinski definition) is 3. The number of aromatic nitrogens is 1. The molecule has 20 heavy (non-hydrogen) atoms. The predicted octanol–water partition coefficient (Wildman–Crippen LogP) is 0.229. The van der Waals surface area contributed by atoms with Gasteiger partial charge in [-0.25, -0.2) is 0 Å². The highest BCUT2D eigenvalue weighted by Crippen LogP contribution is 2.22. The number of amides is 2. The van der Waals surface area contributed by atoms with Crippen LogP contribution in [0.15, 0.2) is 30.5 Å². The SMILES string of the molecule is NC(=O)C1CC(O)CN1C(=O)c1ccc2cc[nH]c2c1. The summed E-state index contributed by atoms with van der Waals surface area (Å²) in [6.45, 7) is 0.134. The molecule has 0 spiro atoms. The number of aliphatic hydroxyl groups is 1. The molecule has 1 aromatic heterocycles. The van der Waals surface area contributed by atoms with Crippen molar-refractivity contribution >= 4 is 22.7 Å². The zero-order valence-electron chi connectivity index (χ0n) is 10.7. The van der Waals surface area contributed by atoms with Gasteiger partial charge in [-0.3, -0.25) is 9.59 Å². The van der Waals surface area contributed by atoms with Crippen molar-refractivity contribution in [3.05, 3.63) is 36.0 Å². The Morgan fingerprint density at radius 1 is 1.35 bits per heavy atom. The van der Waals surface area contributed by atoms with Gasteiger partial charge in [0.15, 0.2) is 0 Å². The van der Waals surface area contributed by atoms with Crippen molar-refractivity contribution in [1.82, 2.24) is 9.88 Å². The van der Waals surface area contributed by atoms with Crippen molar-refractivity contribution in [3.63, 3.8) is 0 Å². The molecule has 6 nitrogen and oxygen atoms in total. The van der Waals surface area contributed by atoms with Crippen LogP contribution in [0.25, 0.3) is 10.9 Å². The van der Waals surface area contributed by atoms with E-state index in [0.29, 0.717) is 5.56 Å². The third-order valence-electron chi connectivity index (χ3n) is 3.67. The van der Waals surface area contributed by atoms with Crippen molar-refractivity contribution in [3.8, 4) is 0 Å². The van der Waals surface area contributed by atoms with E-state index in [4.69, 9.17) is 5.73 Å². The summed E-state index contributed by atoms with van der Waals surface area (Å²) in [5.41, 5.74) is 6.62. The fourth-order valence-electron chi connectivity index (χ4n) is 2.65. The van der Waals surface area contributed by atoms with Gasteiger partial charge < -0.3 is 20.7 Å². The van der Waals surface area contributed by atoms with Gasteiger partial charge in [0, 0.05) is 30.2 Å². The number of nitrogens with two attached hydrogens (primary N) is 1. The van der Waals surface area contributed by atoms with Gasteiger partial charge >= 0.3 is 0 Å². The number of rotatable bonds is 2. The van der Waals surface area contributed by atoms with Crippen molar-refractivity contribution in [2.75, 3.05) is 6.54 Å². The van der Waals surface area contributed by atoms with E-state index in [0.717, 1.165) is 10.9 Å². The third-order valence-corrected chi connectivity index (χ3v) is 3.67. The van der Waals surface area contributed by atoms with Gasteiger partial charge in [0.25, 0.3) is 5.91 Å². The molecule has 1 aromatic carbocycles. The molecule has 0 bridgehead atoms. The van der Waals surface area contributed by atoms with Gasteiger partial charge in [-0.1, -0.05) is 6.07 Å². The number of β-amino-alcohol motifs (C(OH)–C–C–N with tert-alkyl or cyclic N) is 1. The Kier molecular flexibility index (Phi) is 2.94. The van der Waals surface area contributed by atoms with E-state index in [1.807, 2.05) is 12.1 Å². The molecule has 104 valence electrons. The molecule has 2 aromatic rings. The first-order valence-electron chi connectivity index (χ1n) is 6.42. The maximum atomic E-state index is 12.5. The van der Waals surface area contributed by atoms with Crippen LogP contribution >= 0.6 is 0 Å². The molecule has 2 heterocycles. The van der Waals surface area contributed by atoms with Crippen LogP contribution in [0.1, 0.15) is 16.8 Å². The molecule has 1 saturated heterocycles. The summed E-state index contributed by atoms with van der Waals surface area (Å²) in [7, 11) is 0. The Morgan fingerprint density at radius 3 is 2.90 bits per heavy atom. The molecular formula is C14H15N3O3. The minimum Gasteiger partial charge on any atom is -0.391 e. The van der Waals surface area contributed by atoms with Crippen LogP contribution in [-0.4, -0.2) is 45.5 Å². The normalized spacial score (nSPS) is 22.4. The number of aromatic amines is 1.